The van der Waals surface area contributed by atoms with Crippen LogP contribution in [0.1, 0.15) is 58.3 Å². The first-order valence-electron chi connectivity index (χ1n) is 7.21. The van der Waals surface area contributed by atoms with Crippen LogP contribution in [-0.4, -0.2) is 37.0 Å². The van der Waals surface area contributed by atoms with Crippen molar-refractivity contribution < 1.29 is 4.79 Å². The summed E-state index contributed by atoms with van der Waals surface area (Å²) in [5.74, 6) is 0.313. The van der Waals surface area contributed by atoms with E-state index in [0.29, 0.717) is 11.9 Å². The van der Waals surface area contributed by atoms with Crippen LogP contribution < -0.4 is 5.32 Å². The van der Waals surface area contributed by atoms with E-state index in [9.17, 15) is 4.79 Å². The number of carbonyl (C=O) groups excluding carboxylic acids is 1. The Morgan fingerprint density at radius 2 is 2.12 bits per heavy atom. The van der Waals surface area contributed by atoms with Gasteiger partial charge in [-0.3, -0.25) is 4.79 Å². The third kappa shape index (κ3) is 6.06. The van der Waals surface area contributed by atoms with Crippen molar-refractivity contribution in [1.29, 1.82) is 0 Å². The number of nitrogens with zero attached hydrogens (tertiary/aromatic N) is 1. The van der Waals surface area contributed by atoms with E-state index >= 15 is 0 Å². The number of hydrogen-bond donors (Lipinski definition) is 1. The molecule has 3 nitrogen and oxygen atoms in total. The van der Waals surface area contributed by atoms with Crippen LogP contribution in [0.15, 0.2) is 0 Å². The van der Waals surface area contributed by atoms with Gasteiger partial charge in [-0.15, -0.1) is 0 Å². The van der Waals surface area contributed by atoms with Crippen molar-refractivity contribution in [2.45, 2.75) is 64.3 Å². The third-order valence-corrected chi connectivity index (χ3v) is 3.58. The molecule has 0 aromatic rings. The van der Waals surface area contributed by atoms with E-state index in [1.165, 1.54) is 38.5 Å². The zero-order valence-electron chi connectivity index (χ0n) is 11.5. The molecule has 0 spiro atoms. The van der Waals surface area contributed by atoms with Crippen LogP contribution in [0.4, 0.5) is 0 Å². The van der Waals surface area contributed by atoms with Gasteiger partial charge in [0.1, 0.15) is 0 Å². The Morgan fingerprint density at radius 3 is 2.76 bits per heavy atom. The molecule has 1 unspecified atom stereocenters. The molecule has 1 N–H and O–H groups in total. The molecule has 0 bridgehead atoms. The maximum Gasteiger partial charge on any atom is 0.222 e. The first-order valence-corrected chi connectivity index (χ1v) is 7.21. The van der Waals surface area contributed by atoms with Gasteiger partial charge in [-0.05, 0) is 25.8 Å². The molecular formula is C14H28N2O. The maximum absolute atomic E-state index is 11.9. The molecule has 1 atom stereocenters. The van der Waals surface area contributed by atoms with Gasteiger partial charge in [0.25, 0.3) is 0 Å². The molecule has 100 valence electrons. The second-order valence-electron chi connectivity index (χ2n) is 5.23. The van der Waals surface area contributed by atoms with Crippen molar-refractivity contribution in [2.24, 2.45) is 0 Å². The van der Waals surface area contributed by atoms with Crippen LogP contribution in [-0.2, 0) is 4.79 Å². The van der Waals surface area contributed by atoms with Crippen molar-refractivity contribution in [3.63, 3.8) is 0 Å². The van der Waals surface area contributed by atoms with Crippen molar-refractivity contribution in [3.05, 3.63) is 0 Å². The number of amides is 1. The van der Waals surface area contributed by atoms with Crippen LogP contribution in [0.3, 0.4) is 0 Å². The molecule has 3 heteroatoms. The Morgan fingerprint density at radius 1 is 1.29 bits per heavy atom. The Hall–Kier alpha value is -0.570. The number of likely N-dealkylation sites (N-methyl/N-ethyl adjacent to an activating group) is 1. The summed E-state index contributed by atoms with van der Waals surface area (Å²) in [5, 5.41) is 3.49. The summed E-state index contributed by atoms with van der Waals surface area (Å²) in [5.41, 5.74) is 0. The fourth-order valence-electron chi connectivity index (χ4n) is 2.41. The number of carbonyl (C=O) groups is 1. The van der Waals surface area contributed by atoms with Crippen molar-refractivity contribution >= 4 is 5.91 Å². The Kier molecular flexibility index (Phi) is 7.25. The minimum absolute atomic E-state index is 0.313. The van der Waals surface area contributed by atoms with Crippen molar-refractivity contribution in [3.8, 4) is 0 Å². The smallest absolute Gasteiger partial charge is 0.222 e. The largest absolute Gasteiger partial charge is 0.344 e. The molecule has 1 heterocycles. The molecule has 0 aromatic heterocycles. The highest BCUT2D eigenvalue weighted by Gasteiger charge is 2.17. The monoisotopic (exact) mass is 240 g/mol. The van der Waals surface area contributed by atoms with Crippen LogP contribution in [0.25, 0.3) is 0 Å². The lowest BCUT2D eigenvalue weighted by molar-refractivity contribution is -0.130. The number of rotatable bonds is 7. The normalized spacial score (nSPS) is 20.2. The summed E-state index contributed by atoms with van der Waals surface area (Å²) in [6.07, 6.45) is 9.25. The van der Waals surface area contributed by atoms with Crippen molar-refractivity contribution in [2.75, 3.05) is 20.1 Å². The van der Waals surface area contributed by atoms with E-state index in [1.807, 2.05) is 11.9 Å². The van der Waals surface area contributed by atoms with Gasteiger partial charge in [0.2, 0.25) is 5.91 Å². The number of unbranched alkanes of at least 4 members (excludes halogenated alkanes) is 3. The molecule has 0 saturated carbocycles. The van der Waals surface area contributed by atoms with E-state index in [0.717, 1.165) is 25.9 Å². The lowest BCUT2D eigenvalue weighted by Gasteiger charge is -2.28. The van der Waals surface area contributed by atoms with Gasteiger partial charge in [0, 0.05) is 26.1 Å². The van der Waals surface area contributed by atoms with Gasteiger partial charge in [0.05, 0.1) is 0 Å². The van der Waals surface area contributed by atoms with Crippen molar-refractivity contribution in [1.82, 2.24) is 10.2 Å². The number of piperidine rings is 1. The van der Waals surface area contributed by atoms with Gasteiger partial charge in [0.15, 0.2) is 0 Å². The summed E-state index contributed by atoms with van der Waals surface area (Å²) in [6, 6.07) is 0.522. The van der Waals surface area contributed by atoms with Gasteiger partial charge in [-0.25, -0.2) is 0 Å². The summed E-state index contributed by atoms with van der Waals surface area (Å²) < 4.78 is 0. The second-order valence-corrected chi connectivity index (χ2v) is 5.23. The molecule has 1 fully saturated rings. The summed E-state index contributed by atoms with van der Waals surface area (Å²) in [4.78, 5) is 13.8. The predicted molar refractivity (Wildman–Crippen MR) is 72.0 cm³/mol. The third-order valence-electron chi connectivity index (χ3n) is 3.58. The lowest BCUT2D eigenvalue weighted by Crippen LogP contribution is -2.44. The molecule has 1 aliphatic rings. The molecule has 0 radical (unpaired) electrons. The molecule has 1 amide bonds. The Bertz CT molecular complexity index is 212. The standard InChI is InChI=1S/C14H28N2O/c1-3-4-5-6-10-14(17)16(2)12-13-9-7-8-11-15-13/h13,15H,3-12H2,1-2H3. The minimum Gasteiger partial charge on any atom is -0.344 e. The van der Waals surface area contributed by atoms with Crippen LogP contribution in [0.2, 0.25) is 0 Å². The molecule has 1 aliphatic heterocycles. The second kappa shape index (κ2) is 8.51. The molecule has 0 aromatic carbocycles. The van der Waals surface area contributed by atoms with Gasteiger partial charge >= 0.3 is 0 Å². The molecular weight excluding hydrogens is 212 g/mol. The van der Waals surface area contributed by atoms with E-state index in [-0.39, 0.29) is 0 Å². The SMILES string of the molecule is CCCCCCC(=O)N(C)CC1CCCCN1. The molecule has 17 heavy (non-hydrogen) atoms. The quantitative estimate of drug-likeness (QED) is 0.694. The van der Waals surface area contributed by atoms with E-state index in [2.05, 4.69) is 12.2 Å². The highest BCUT2D eigenvalue weighted by Crippen LogP contribution is 2.09. The highest BCUT2D eigenvalue weighted by molar-refractivity contribution is 5.75. The molecule has 1 saturated heterocycles. The van der Waals surface area contributed by atoms with Gasteiger partial charge in [-0.2, -0.15) is 0 Å². The summed E-state index contributed by atoms with van der Waals surface area (Å²) in [6.45, 7) is 4.19. The van der Waals surface area contributed by atoms with Crippen LogP contribution >= 0.6 is 0 Å². The zero-order chi connectivity index (χ0) is 12.5. The van der Waals surface area contributed by atoms with Gasteiger partial charge in [-0.1, -0.05) is 32.6 Å². The van der Waals surface area contributed by atoms with Crippen LogP contribution in [0.5, 0.6) is 0 Å². The molecule has 0 aliphatic carbocycles. The summed E-state index contributed by atoms with van der Waals surface area (Å²) in [7, 11) is 1.94. The Labute approximate surface area is 106 Å². The first-order chi connectivity index (χ1) is 8.24. The topological polar surface area (TPSA) is 32.3 Å². The summed E-state index contributed by atoms with van der Waals surface area (Å²) >= 11 is 0. The van der Waals surface area contributed by atoms with Gasteiger partial charge < -0.3 is 10.2 Å². The van der Waals surface area contributed by atoms with E-state index < -0.39 is 0 Å². The lowest BCUT2D eigenvalue weighted by atomic mass is 10.0. The average molecular weight is 240 g/mol. The highest BCUT2D eigenvalue weighted by atomic mass is 16.2. The van der Waals surface area contributed by atoms with Crippen LogP contribution in [0, 0.1) is 0 Å². The number of hydrogen-bond acceptors (Lipinski definition) is 2. The fourth-order valence-corrected chi connectivity index (χ4v) is 2.41. The van der Waals surface area contributed by atoms with E-state index in [1.54, 1.807) is 0 Å². The first kappa shape index (κ1) is 14.5. The van der Waals surface area contributed by atoms with E-state index in [4.69, 9.17) is 0 Å². The average Bonchev–Trinajstić information content (AvgIpc) is 2.35. The maximum atomic E-state index is 11.9. The Balaban J connectivity index is 2.12. The molecule has 1 rings (SSSR count). The minimum atomic E-state index is 0.313. The fraction of sp³-hybridized carbons (Fsp3) is 0.929. The predicted octanol–water partition coefficient (Wildman–Crippen LogP) is 2.56. The number of nitrogens with one attached hydrogen (secondary N) is 1. The zero-order valence-corrected chi connectivity index (χ0v) is 11.5.